The van der Waals surface area contributed by atoms with Gasteiger partial charge in [-0.1, -0.05) is 23.4 Å². The average Bonchev–Trinajstić information content (AvgIpc) is 3.39. The number of rotatable bonds is 5. The van der Waals surface area contributed by atoms with E-state index in [4.69, 9.17) is 0 Å². The molecule has 4 rings (SSSR count). The third-order valence-electron chi connectivity index (χ3n) is 6.67. The van der Waals surface area contributed by atoms with Crippen molar-refractivity contribution in [3.8, 4) is 17.5 Å². The summed E-state index contributed by atoms with van der Waals surface area (Å²) in [4.78, 5) is 31.1. The summed E-state index contributed by atoms with van der Waals surface area (Å²) in [5.74, 6) is -3.78. The van der Waals surface area contributed by atoms with Gasteiger partial charge < -0.3 is 14.0 Å². The summed E-state index contributed by atoms with van der Waals surface area (Å²) in [6, 6.07) is 8.64. The zero-order chi connectivity index (χ0) is 28.6. The van der Waals surface area contributed by atoms with E-state index >= 15 is 0 Å². The number of benzene rings is 1. The van der Waals surface area contributed by atoms with Crippen molar-refractivity contribution in [2.45, 2.75) is 44.6 Å². The normalized spacial score (nSPS) is 16.5. The standard InChI is InChI=1S/C25H21F6N5O3/c1-23(14-32)6-9-35(10-7-23)21(38)18(15-3-2-4-17(11-15)24(26,27)28)13-36-8-5-16(12-19(36)37)20-33-22(39-34-20)25(29,30)31/h2-5,8,11-12,18H,6-7,9-10,13H2,1H3. The van der Waals surface area contributed by atoms with Crippen LogP contribution in [0.5, 0.6) is 0 Å². The number of halogens is 6. The first-order valence-electron chi connectivity index (χ1n) is 11.7. The maximum Gasteiger partial charge on any atom is 0.471 e. The molecule has 3 aromatic rings. The number of carbonyl (C=O) groups is 1. The number of nitriles is 1. The highest BCUT2D eigenvalue weighted by Crippen LogP contribution is 2.35. The SMILES string of the molecule is CC1(C#N)CCN(C(=O)C(Cn2ccc(-c3noc(C(F)(F)F)n3)cc2=O)c2cccc(C(F)(F)F)c2)CC1. The number of alkyl halides is 6. The highest BCUT2D eigenvalue weighted by Gasteiger charge is 2.39. The predicted octanol–water partition coefficient (Wildman–Crippen LogP) is 4.87. The predicted molar refractivity (Wildman–Crippen MR) is 123 cm³/mol. The Kier molecular flexibility index (Phi) is 7.29. The molecule has 1 fully saturated rings. The molecule has 1 saturated heterocycles. The summed E-state index contributed by atoms with van der Waals surface area (Å²) in [5, 5.41) is 12.6. The summed E-state index contributed by atoms with van der Waals surface area (Å²) in [5.41, 5.74) is -2.38. The molecule has 2 aromatic heterocycles. The third-order valence-corrected chi connectivity index (χ3v) is 6.67. The fourth-order valence-electron chi connectivity index (χ4n) is 4.26. The van der Waals surface area contributed by atoms with Gasteiger partial charge in [0.2, 0.25) is 11.7 Å². The van der Waals surface area contributed by atoms with Gasteiger partial charge in [-0.05, 0) is 37.5 Å². The van der Waals surface area contributed by atoms with E-state index in [9.17, 15) is 41.2 Å². The van der Waals surface area contributed by atoms with Crippen LogP contribution in [-0.2, 0) is 23.7 Å². The monoisotopic (exact) mass is 553 g/mol. The van der Waals surface area contributed by atoms with Crippen LogP contribution in [0, 0.1) is 16.7 Å². The van der Waals surface area contributed by atoms with Crippen LogP contribution in [0.2, 0.25) is 0 Å². The first kappa shape index (κ1) is 27.9. The summed E-state index contributed by atoms with van der Waals surface area (Å²) in [6.45, 7) is 1.85. The topological polar surface area (TPSA) is 105 Å². The van der Waals surface area contributed by atoms with Crippen molar-refractivity contribution in [2.24, 2.45) is 5.41 Å². The van der Waals surface area contributed by atoms with Crippen LogP contribution in [-0.4, -0.2) is 38.6 Å². The van der Waals surface area contributed by atoms with E-state index in [-0.39, 0.29) is 30.8 Å². The largest absolute Gasteiger partial charge is 0.471 e. The second-order valence-corrected chi connectivity index (χ2v) is 9.50. The first-order valence-corrected chi connectivity index (χ1v) is 11.7. The van der Waals surface area contributed by atoms with Crippen LogP contribution >= 0.6 is 0 Å². The highest BCUT2D eigenvalue weighted by molar-refractivity contribution is 5.84. The lowest BCUT2D eigenvalue weighted by atomic mass is 9.81. The van der Waals surface area contributed by atoms with Crippen LogP contribution < -0.4 is 5.56 Å². The van der Waals surface area contributed by atoms with Crippen molar-refractivity contribution in [3.05, 3.63) is 70.0 Å². The maximum atomic E-state index is 13.6. The van der Waals surface area contributed by atoms with E-state index in [2.05, 4.69) is 20.7 Å². The van der Waals surface area contributed by atoms with Gasteiger partial charge in [0.15, 0.2) is 0 Å². The zero-order valence-corrected chi connectivity index (χ0v) is 20.4. The van der Waals surface area contributed by atoms with Crippen molar-refractivity contribution >= 4 is 5.91 Å². The fraction of sp³-hybridized carbons (Fsp3) is 0.400. The van der Waals surface area contributed by atoms with E-state index in [1.807, 2.05) is 0 Å². The van der Waals surface area contributed by atoms with E-state index in [1.165, 1.54) is 29.3 Å². The lowest BCUT2D eigenvalue weighted by Gasteiger charge is -2.37. The van der Waals surface area contributed by atoms with Crippen LogP contribution in [0.1, 0.15) is 42.7 Å². The minimum atomic E-state index is -4.88. The molecular formula is C25H21F6N5O3. The molecule has 39 heavy (non-hydrogen) atoms. The van der Waals surface area contributed by atoms with Crippen LogP contribution in [0.15, 0.2) is 51.9 Å². The van der Waals surface area contributed by atoms with E-state index < -0.39 is 52.4 Å². The average molecular weight is 553 g/mol. The second-order valence-electron chi connectivity index (χ2n) is 9.50. The molecule has 0 aliphatic carbocycles. The molecule has 8 nitrogen and oxygen atoms in total. The van der Waals surface area contributed by atoms with Gasteiger partial charge in [0.25, 0.3) is 5.56 Å². The van der Waals surface area contributed by atoms with E-state index in [0.29, 0.717) is 12.8 Å². The molecule has 1 aromatic carbocycles. The van der Waals surface area contributed by atoms with Gasteiger partial charge in [-0.3, -0.25) is 9.59 Å². The molecule has 0 N–H and O–H groups in total. The van der Waals surface area contributed by atoms with Gasteiger partial charge in [-0.2, -0.15) is 36.6 Å². The lowest BCUT2D eigenvalue weighted by Crippen LogP contribution is -2.44. The molecule has 1 unspecified atom stereocenters. The van der Waals surface area contributed by atoms with Gasteiger partial charge in [0.1, 0.15) is 0 Å². The quantitative estimate of drug-likeness (QED) is 0.418. The Balaban J connectivity index is 1.66. The van der Waals surface area contributed by atoms with Crippen molar-refractivity contribution in [3.63, 3.8) is 0 Å². The fourth-order valence-corrected chi connectivity index (χ4v) is 4.26. The van der Waals surface area contributed by atoms with E-state index in [1.54, 1.807) is 6.92 Å². The molecule has 1 aliphatic rings. The maximum absolute atomic E-state index is 13.6. The molecular weight excluding hydrogens is 532 g/mol. The number of pyridine rings is 1. The Bertz CT molecular complexity index is 1460. The summed E-state index contributed by atoms with van der Waals surface area (Å²) in [6.07, 6.45) is -7.59. The van der Waals surface area contributed by atoms with Crippen molar-refractivity contribution in [1.29, 1.82) is 5.26 Å². The third kappa shape index (κ3) is 6.13. The zero-order valence-electron chi connectivity index (χ0n) is 20.4. The van der Waals surface area contributed by atoms with Gasteiger partial charge in [-0.15, -0.1) is 0 Å². The summed E-state index contributed by atoms with van der Waals surface area (Å²) >= 11 is 0. The number of nitrogens with zero attached hydrogens (tertiary/aromatic N) is 5. The number of likely N-dealkylation sites (tertiary alicyclic amines) is 1. The van der Waals surface area contributed by atoms with Gasteiger partial charge in [-0.25, -0.2) is 0 Å². The minimum Gasteiger partial charge on any atom is -0.342 e. The molecule has 14 heteroatoms. The minimum absolute atomic E-state index is 0.0346. The molecule has 1 aliphatic heterocycles. The Morgan fingerprint density at radius 2 is 1.82 bits per heavy atom. The van der Waals surface area contributed by atoms with Crippen molar-refractivity contribution in [1.82, 2.24) is 19.6 Å². The van der Waals surface area contributed by atoms with E-state index in [0.717, 1.165) is 22.8 Å². The lowest BCUT2D eigenvalue weighted by molar-refractivity contribution is -0.159. The van der Waals surface area contributed by atoms with Gasteiger partial charge in [0, 0.05) is 37.5 Å². The molecule has 3 heterocycles. The first-order chi connectivity index (χ1) is 18.2. The van der Waals surface area contributed by atoms with Crippen LogP contribution in [0.25, 0.3) is 11.4 Å². The molecule has 1 atom stereocenters. The number of aromatic nitrogens is 3. The number of hydrogen-bond acceptors (Lipinski definition) is 6. The molecule has 1 amide bonds. The van der Waals surface area contributed by atoms with Crippen molar-refractivity contribution < 1.29 is 35.7 Å². The van der Waals surface area contributed by atoms with Crippen LogP contribution in [0.4, 0.5) is 26.3 Å². The Hall–Kier alpha value is -4.15. The van der Waals surface area contributed by atoms with Gasteiger partial charge >= 0.3 is 18.2 Å². The smallest absolute Gasteiger partial charge is 0.342 e. The Morgan fingerprint density at radius 1 is 1.13 bits per heavy atom. The number of hydrogen-bond donors (Lipinski definition) is 0. The molecule has 206 valence electrons. The summed E-state index contributed by atoms with van der Waals surface area (Å²) in [7, 11) is 0. The molecule has 0 bridgehead atoms. The highest BCUT2D eigenvalue weighted by atomic mass is 19.4. The van der Waals surface area contributed by atoms with Gasteiger partial charge in [0.05, 0.1) is 23.0 Å². The van der Waals surface area contributed by atoms with Crippen molar-refractivity contribution in [2.75, 3.05) is 13.1 Å². The van der Waals surface area contributed by atoms with Crippen LogP contribution in [0.3, 0.4) is 0 Å². The molecule has 0 radical (unpaired) electrons. The number of carbonyl (C=O) groups excluding carboxylic acids is 1. The number of piperidine rings is 1. The Labute approximate surface area is 217 Å². The summed E-state index contributed by atoms with van der Waals surface area (Å²) < 4.78 is 83.8. The number of amides is 1. The molecule has 0 spiro atoms. The second kappa shape index (κ2) is 10.2. The molecule has 0 saturated carbocycles. The Morgan fingerprint density at radius 3 is 2.38 bits per heavy atom.